The lowest BCUT2D eigenvalue weighted by Gasteiger charge is -2.18. The van der Waals surface area contributed by atoms with E-state index in [-0.39, 0.29) is 23.6 Å². The lowest BCUT2D eigenvalue weighted by Crippen LogP contribution is -2.26. The van der Waals surface area contributed by atoms with E-state index in [4.69, 9.17) is 11.1 Å². The van der Waals surface area contributed by atoms with Crippen LogP contribution in [0, 0.1) is 19.3 Å². The Morgan fingerprint density at radius 2 is 1.75 bits per heavy atom. The van der Waals surface area contributed by atoms with E-state index < -0.39 is 0 Å². The first-order valence-corrected chi connectivity index (χ1v) is 11.5. The maximum Gasteiger partial charge on any atom is 0.264 e. The summed E-state index contributed by atoms with van der Waals surface area (Å²) in [6, 6.07) is 20.9. The zero-order valence-corrected chi connectivity index (χ0v) is 20.0. The van der Waals surface area contributed by atoms with Crippen LogP contribution in [-0.2, 0) is 6.54 Å². The van der Waals surface area contributed by atoms with Gasteiger partial charge in [-0.2, -0.15) is 0 Å². The Morgan fingerprint density at radius 1 is 0.972 bits per heavy atom. The Kier molecular flexibility index (Phi) is 6.00. The summed E-state index contributed by atoms with van der Waals surface area (Å²) in [5, 5.41) is 13.5. The van der Waals surface area contributed by atoms with Crippen molar-refractivity contribution in [3.05, 3.63) is 118 Å². The summed E-state index contributed by atoms with van der Waals surface area (Å²) in [6.07, 6.45) is 3.04. The SMILES string of the molecule is Cc1cccnc1-n1c(CNc2ncnc(N)c2C(=N)c2ccccc2)cc2cccc(C)c2c1=O. The van der Waals surface area contributed by atoms with Gasteiger partial charge in [0.1, 0.15) is 23.8 Å². The summed E-state index contributed by atoms with van der Waals surface area (Å²) in [4.78, 5) is 26.8. The second-order valence-electron chi connectivity index (χ2n) is 8.54. The quantitative estimate of drug-likeness (QED) is 0.313. The van der Waals surface area contributed by atoms with E-state index in [1.54, 1.807) is 10.8 Å². The van der Waals surface area contributed by atoms with Crippen LogP contribution in [-0.4, -0.2) is 25.2 Å². The summed E-state index contributed by atoms with van der Waals surface area (Å²) in [7, 11) is 0. The number of hydrogen-bond donors (Lipinski definition) is 3. The maximum atomic E-state index is 13.8. The van der Waals surface area contributed by atoms with E-state index in [0.717, 1.165) is 16.5 Å². The van der Waals surface area contributed by atoms with Crippen LogP contribution in [0.3, 0.4) is 0 Å². The normalized spacial score (nSPS) is 10.9. The molecule has 0 aliphatic rings. The fourth-order valence-electron chi connectivity index (χ4n) is 4.37. The molecule has 0 aliphatic carbocycles. The zero-order chi connectivity index (χ0) is 25.2. The van der Waals surface area contributed by atoms with E-state index in [0.29, 0.717) is 33.8 Å². The molecule has 8 nitrogen and oxygen atoms in total. The zero-order valence-electron chi connectivity index (χ0n) is 20.0. The number of nitrogen functional groups attached to an aromatic ring is 1. The Morgan fingerprint density at radius 3 is 2.53 bits per heavy atom. The van der Waals surface area contributed by atoms with Gasteiger partial charge >= 0.3 is 0 Å². The molecule has 0 atom stereocenters. The highest BCUT2D eigenvalue weighted by Gasteiger charge is 2.18. The van der Waals surface area contributed by atoms with Crippen molar-refractivity contribution in [2.75, 3.05) is 11.1 Å². The van der Waals surface area contributed by atoms with Gasteiger partial charge in [0.15, 0.2) is 0 Å². The van der Waals surface area contributed by atoms with Crippen LogP contribution in [0.25, 0.3) is 16.6 Å². The number of aromatic nitrogens is 4. The van der Waals surface area contributed by atoms with Crippen LogP contribution >= 0.6 is 0 Å². The molecule has 5 aromatic rings. The van der Waals surface area contributed by atoms with Gasteiger partial charge < -0.3 is 11.1 Å². The third kappa shape index (κ3) is 4.09. The van der Waals surface area contributed by atoms with Gasteiger partial charge in [0, 0.05) is 17.5 Å². The van der Waals surface area contributed by atoms with Gasteiger partial charge in [-0.05, 0) is 42.5 Å². The second kappa shape index (κ2) is 9.42. The van der Waals surface area contributed by atoms with Gasteiger partial charge in [-0.25, -0.2) is 15.0 Å². The van der Waals surface area contributed by atoms with Crippen molar-refractivity contribution in [2.24, 2.45) is 0 Å². The number of aryl methyl sites for hydroxylation is 2. The average Bonchev–Trinajstić information content (AvgIpc) is 2.88. The first kappa shape index (κ1) is 22.9. The maximum absolute atomic E-state index is 13.8. The first-order chi connectivity index (χ1) is 17.5. The highest BCUT2D eigenvalue weighted by molar-refractivity contribution is 6.16. The number of nitrogens with one attached hydrogen (secondary N) is 2. The second-order valence-corrected chi connectivity index (χ2v) is 8.54. The van der Waals surface area contributed by atoms with E-state index in [9.17, 15) is 4.79 Å². The smallest absolute Gasteiger partial charge is 0.264 e. The van der Waals surface area contributed by atoms with Gasteiger partial charge in [-0.3, -0.25) is 14.8 Å². The third-order valence-electron chi connectivity index (χ3n) is 6.15. The molecule has 2 aromatic carbocycles. The Bertz CT molecular complexity index is 1660. The molecule has 178 valence electrons. The van der Waals surface area contributed by atoms with Gasteiger partial charge in [-0.1, -0.05) is 54.6 Å². The Hall–Kier alpha value is -4.85. The largest absolute Gasteiger partial charge is 0.383 e. The van der Waals surface area contributed by atoms with Crippen molar-refractivity contribution in [3.63, 3.8) is 0 Å². The van der Waals surface area contributed by atoms with Crippen LogP contribution in [0.2, 0.25) is 0 Å². The van der Waals surface area contributed by atoms with E-state index in [2.05, 4.69) is 20.3 Å². The number of fused-ring (bicyclic) bond motifs is 1. The number of rotatable bonds is 6. The van der Waals surface area contributed by atoms with Crippen molar-refractivity contribution in [3.8, 4) is 5.82 Å². The number of pyridine rings is 2. The van der Waals surface area contributed by atoms with Gasteiger partial charge in [0.25, 0.3) is 5.56 Å². The van der Waals surface area contributed by atoms with Gasteiger partial charge in [0.05, 0.1) is 23.2 Å². The first-order valence-electron chi connectivity index (χ1n) is 11.5. The molecule has 0 amide bonds. The van der Waals surface area contributed by atoms with Crippen molar-refractivity contribution in [1.29, 1.82) is 5.41 Å². The number of nitrogens with two attached hydrogens (primary N) is 1. The summed E-state index contributed by atoms with van der Waals surface area (Å²) in [6.45, 7) is 4.11. The lowest BCUT2D eigenvalue weighted by molar-refractivity contribution is 0.854. The monoisotopic (exact) mass is 475 g/mol. The van der Waals surface area contributed by atoms with Crippen molar-refractivity contribution >= 4 is 28.1 Å². The van der Waals surface area contributed by atoms with Crippen molar-refractivity contribution in [2.45, 2.75) is 20.4 Å². The van der Waals surface area contributed by atoms with Crippen molar-refractivity contribution in [1.82, 2.24) is 19.5 Å². The molecule has 0 unspecified atom stereocenters. The minimum Gasteiger partial charge on any atom is -0.383 e. The van der Waals surface area contributed by atoms with E-state index in [1.807, 2.05) is 80.6 Å². The predicted octanol–water partition coefficient (Wildman–Crippen LogP) is 4.40. The molecule has 0 saturated heterocycles. The summed E-state index contributed by atoms with van der Waals surface area (Å²) in [5.41, 5.74) is 9.86. The highest BCUT2D eigenvalue weighted by atomic mass is 16.1. The summed E-state index contributed by atoms with van der Waals surface area (Å²) in [5.74, 6) is 1.19. The summed E-state index contributed by atoms with van der Waals surface area (Å²) < 4.78 is 1.64. The van der Waals surface area contributed by atoms with Crippen LogP contribution < -0.4 is 16.6 Å². The van der Waals surface area contributed by atoms with Gasteiger partial charge in [0.2, 0.25) is 0 Å². The van der Waals surface area contributed by atoms with Crippen LogP contribution in [0.5, 0.6) is 0 Å². The molecule has 0 fully saturated rings. The molecule has 36 heavy (non-hydrogen) atoms. The topological polar surface area (TPSA) is 123 Å². The minimum absolute atomic E-state index is 0.136. The van der Waals surface area contributed by atoms with Gasteiger partial charge in [-0.15, -0.1) is 0 Å². The molecule has 0 radical (unpaired) electrons. The Balaban J connectivity index is 1.62. The van der Waals surface area contributed by atoms with Crippen molar-refractivity contribution < 1.29 is 0 Å². The minimum atomic E-state index is -0.136. The lowest BCUT2D eigenvalue weighted by atomic mass is 10.0. The standard InChI is InChI=1S/C28H25N7O/c1-17-8-6-12-20-14-21(35(28(36)22(17)20)27-18(2)9-7-13-31-27)15-32-26-23(25(30)33-16-34-26)24(29)19-10-4-3-5-11-19/h3-14,16,29H,15H2,1-2H3,(H3,30,32,33,34). The molecule has 4 N–H and O–H groups in total. The molecular weight excluding hydrogens is 450 g/mol. The van der Waals surface area contributed by atoms with Crippen LogP contribution in [0.4, 0.5) is 11.6 Å². The number of benzene rings is 2. The third-order valence-corrected chi connectivity index (χ3v) is 6.15. The molecule has 3 aromatic heterocycles. The molecule has 5 rings (SSSR count). The molecule has 8 heteroatoms. The molecular formula is C28H25N7O. The Labute approximate surface area is 208 Å². The number of anilines is 2. The summed E-state index contributed by atoms with van der Waals surface area (Å²) >= 11 is 0. The molecule has 3 heterocycles. The highest BCUT2D eigenvalue weighted by Crippen LogP contribution is 2.24. The van der Waals surface area contributed by atoms with E-state index in [1.165, 1.54) is 6.33 Å². The fraction of sp³-hybridized carbons (Fsp3) is 0.107. The fourth-order valence-corrected chi connectivity index (χ4v) is 4.37. The number of nitrogens with zero attached hydrogens (tertiary/aromatic N) is 4. The molecule has 0 aliphatic heterocycles. The van der Waals surface area contributed by atoms with Crippen LogP contribution in [0.15, 0.2) is 84.0 Å². The van der Waals surface area contributed by atoms with Crippen LogP contribution in [0.1, 0.15) is 27.9 Å². The van der Waals surface area contributed by atoms with E-state index >= 15 is 0 Å². The predicted molar refractivity (Wildman–Crippen MR) is 143 cm³/mol. The average molecular weight is 476 g/mol. The molecule has 0 saturated carbocycles. The molecule has 0 spiro atoms. The number of hydrogen-bond acceptors (Lipinski definition) is 7. The molecule has 0 bridgehead atoms.